The van der Waals surface area contributed by atoms with Crippen LogP contribution in [0.2, 0.25) is 0 Å². The Bertz CT molecular complexity index is 975. The first-order chi connectivity index (χ1) is 17.9. The zero-order valence-electron chi connectivity index (χ0n) is 22.5. The molecule has 0 unspecified atom stereocenters. The number of carbonyl (C=O) groups excluding carboxylic acids is 3. The summed E-state index contributed by atoms with van der Waals surface area (Å²) >= 11 is 0. The summed E-state index contributed by atoms with van der Waals surface area (Å²) in [7, 11) is 4.86. The molecule has 0 radical (unpaired) electrons. The second-order valence-electron chi connectivity index (χ2n) is 10.4. The Morgan fingerprint density at radius 2 is 1.59 bits per heavy atom. The second kappa shape index (κ2) is 12.6. The Kier molecular flexibility index (Phi) is 9.29. The maximum absolute atomic E-state index is 12.4. The summed E-state index contributed by atoms with van der Waals surface area (Å²) in [5.74, 6) is 0.985. The lowest BCUT2D eigenvalue weighted by atomic mass is 9.98. The van der Waals surface area contributed by atoms with E-state index < -0.39 is 0 Å². The maximum atomic E-state index is 12.4. The smallest absolute Gasteiger partial charge is 0.342 e. The fraction of sp³-hybridized carbons (Fsp3) is 0.679. The zero-order chi connectivity index (χ0) is 26.4. The number of esters is 1. The molecule has 0 aromatic heterocycles. The van der Waals surface area contributed by atoms with Crippen molar-refractivity contribution in [1.82, 2.24) is 14.7 Å². The van der Waals surface area contributed by atoms with Gasteiger partial charge in [0, 0.05) is 37.8 Å². The largest absolute Gasteiger partial charge is 0.497 e. The molecular formula is C28H41N3O6. The first-order valence-corrected chi connectivity index (χ1v) is 13.6. The lowest BCUT2D eigenvalue weighted by molar-refractivity contribution is -0.151. The van der Waals surface area contributed by atoms with E-state index in [0.717, 1.165) is 57.3 Å². The molecule has 0 bridgehead atoms. The molecule has 1 atom stereocenters. The van der Waals surface area contributed by atoms with Gasteiger partial charge in [-0.15, -0.1) is 0 Å². The third-order valence-corrected chi connectivity index (χ3v) is 7.97. The molecular weight excluding hydrogens is 474 g/mol. The van der Waals surface area contributed by atoms with Crippen molar-refractivity contribution < 1.29 is 28.6 Å². The Morgan fingerprint density at radius 1 is 0.892 bits per heavy atom. The number of cyclic esters (lactones) is 1. The van der Waals surface area contributed by atoms with Crippen molar-refractivity contribution in [3.63, 3.8) is 0 Å². The number of unbranched alkanes of at least 4 members (excludes halogenated alkanes) is 5. The Hall–Kier alpha value is -2.81. The van der Waals surface area contributed by atoms with E-state index in [0.29, 0.717) is 17.1 Å². The highest BCUT2D eigenvalue weighted by Gasteiger charge is 2.35. The van der Waals surface area contributed by atoms with Gasteiger partial charge < -0.3 is 28.9 Å². The molecule has 1 aromatic carbocycles. The lowest BCUT2D eigenvalue weighted by Gasteiger charge is -2.41. The van der Waals surface area contributed by atoms with Gasteiger partial charge in [0.2, 0.25) is 11.8 Å². The topological polar surface area (TPSA) is 88.6 Å². The van der Waals surface area contributed by atoms with E-state index in [1.54, 1.807) is 32.2 Å². The van der Waals surface area contributed by atoms with Crippen LogP contribution >= 0.6 is 0 Å². The molecule has 0 N–H and O–H groups in total. The van der Waals surface area contributed by atoms with Crippen molar-refractivity contribution in [1.29, 1.82) is 0 Å². The highest BCUT2D eigenvalue weighted by atomic mass is 16.6. The number of benzene rings is 1. The SMILES string of the molecule is COc1cc(OC)c2c(c1)[C@@H](CCCCCCCCN1CCC(N3CC(=O)N(C)CC3=O)CC1)OC2=O. The van der Waals surface area contributed by atoms with E-state index in [2.05, 4.69) is 4.90 Å². The molecule has 0 saturated carbocycles. The van der Waals surface area contributed by atoms with Gasteiger partial charge in [-0.2, -0.15) is 0 Å². The standard InChI is InChI=1S/C28H41N3O6/c1-29-18-26(33)31(19-25(29)32)20-11-14-30(15-12-20)13-9-7-5-4-6-8-10-23-22-16-21(35-2)17-24(36-3)27(22)28(34)37-23/h16-17,20,23H,4-15,18-19H2,1-3H3/t23-/m1/s1. The normalized spacial score (nSPS) is 20.8. The molecule has 1 aromatic rings. The van der Waals surface area contributed by atoms with Crippen LogP contribution in [-0.4, -0.2) is 92.5 Å². The second-order valence-corrected chi connectivity index (χ2v) is 10.4. The van der Waals surface area contributed by atoms with Crippen LogP contribution in [0.3, 0.4) is 0 Å². The van der Waals surface area contributed by atoms with Crippen molar-refractivity contribution in [3.8, 4) is 11.5 Å². The average molecular weight is 516 g/mol. The third-order valence-electron chi connectivity index (χ3n) is 7.97. The molecule has 204 valence electrons. The number of amides is 2. The minimum absolute atomic E-state index is 0.0385. The molecule has 0 spiro atoms. The number of piperazine rings is 1. The summed E-state index contributed by atoms with van der Waals surface area (Å²) in [6.07, 6.45) is 9.40. The van der Waals surface area contributed by atoms with E-state index >= 15 is 0 Å². The lowest BCUT2D eigenvalue weighted by Crippen LogP contribution is -2.57. The van der Waals surface area contributed by atoms with Gasteiger partial charge in [-0.3, -0.25) is 9.59 Å². The Balaban J connectivity index is 1.08. The number of likely N-dealkylation sites (N-methyl/N-ethyl adjacent to an activating group) is 1. The molecule has 2 saturated heterocycles. The van der Waals surface area contributed by atoms with Crippen LogP contribution < -0.4 is 9.47 Å². The fourth-order valence-corrected chi connectivity index (χ4v) is 5.72. The van der Waals surface area contributed by atoms with E-state index in [4.69, 9.17) is 14.2 Å². The molecule has 3 aliphatic rings. The van der Waals surface area contributed by atoms with E-state index in [-0.39, 0.29) is 43.0 Å². The van der Waals surface area contributed by atoms with Gasteiger partial charge in [0.05, 0.1) is 20.8 Å². The molecule has 9 nitrogen and oxygen atoms in total. The molecule has 2 fully saturated rings. The van der Waals surface area contributed by atoms with Crippen LogP contribution in [0, 0.1) is 0 Å². The van der Waals surface area contributed by atoms with Crippen LogP contribution in [0.15, 0.2) is 12.1 Å². The number of nitrogens with zero attached hydrogens (tertiary/aromatic N) is 3. The molecule has 4 rings (SSSR count). The van der Waals surface area contributed by atoms with Gasteiger partial charge in [0.15, 0.2) is 0 Å². The van der Waals surface area contributed by atoms with Crippen molar-refractivity contribution in [2.75, 3.05) is 54.0 Å². The number of fused-ring (bicyclic) bond motifs is 1. The van der Waals surface area contributed by atoms with E-state index in [9.17, 15) is 14.4 Å². The molecule has 3 heterocycles. The zero-order valence-corrected chi connectivity index (χ0v) is 22.5. The number of rotatable bonds is 12. The van der Waals surface area contributed by atoms with Crippen molar-refractivity contribution in [2.24, 2.45) is 0 Å². The summed E-state index contributed by atoms with van der Waals surface area (Å²) in [6.45, 7) is 3.53. The van der Waals surface area contributed by atoms with E-state index in [1.165, 1.54) is 30.6 Å². The molecule has 3 aliphatic heterocycles. The van der Waals surface area contributed by atoms with Crippen LogP contribution in [0.1, 0.15) is 79.8 Å². The van der Waals surface area contributed by atoms with Crippen molar-refractivity contribution >= 4 is 17.8 Å². The van der Waals surface area contributed by atoms with Crippen LogP contribution in [0.4, 0.5) is 0 Å². The molecule has 0 aliphatic carbocycles. The number of carbonyl (C=O) groups is 3. The monoisotopic (exact) mass is 515 g/mol. The number of hydrogen-bond donors (Lipinski definition) is 0. The van der Waals surface area contributed by atoms with Crippen molar-refractivity contribution in [2.45, 2.75) is 69.9 Å². The summed E-state index contributed by atoms with van der Waals surface area (Å²) < 4.78 is 16.4. The van der Waals surface area contributed by atoms with Crippen molar-refractivity contribution in [3.05, 3.63) is 23.3 Å². The van der Waals surface area contributed by atoms with Crippen LogP contribution in [0.5, 0.6) is 11.5 Å². The van der Waals surface area contributed by atoms with Crippen LogP contribution in [-0.2, 0) is 14.3 Å². The van der Waals surface area contributed by atoms with Gasteiger partial charge in [-0.05, 0) is 44.7 Å². The Labute approximate surface area is 220 Å². The summed E-state index contributed by atoms with van der Waals surface area (Å²) in [6, 6.07) is 3.81. The average Bonchev–Trinajstić information content (AvgIpc) is 3.22. The highest BCUT2D eigenvalue weighted by Crippen LogP contribution is 2.41. The van der Waals surface area contributed by atoms with Gasteiger partial charge in [-0.1, -0.05) is 25.7 Å². The third kappa shape index (κ3) is 6.55. The van der Waals surface area contributed by atoms with Crippen LogP contribution in [0.25, 0.3) is 0 Å². The number of methoxy groups -OCH3 is 2. The Morgan fingerprint density at radius 3 is 2.30 bits per heavy atom. The number of likely N-dealkylation sites (tertiary alicyclic amines) is 1. The highest BCUT2D eigenvalue weighted by molar-refractivity contribution is 5.97. The predicted octanol–water partition coefficient (Wildman–Crippen LogP) is 3.41. The molecule has 2 amide bonds. The predicted molar refractivity (Wildman–Crippen MR) is 139 cm³/mol. The van der Waals surface area contributed by atoms with E-state index in [1.807, 2.05) is 6.07 Å². The molecule has 9 heteroatoms. The molecule has 37 heavy (non-hydrogen) atoms. The van der Waals surface area contributed by atoms with Gasteiger partial charge in [0.25, 0.3) is 0 Å². The van der Waals surface area contributed by atoms with Gasteiger partial charge in [-0.25, -0.2) is 4.79 Å². The minimum Gasteiger partial charge on any atom is -0.497 e. The maximum Gasteiger partial charge on any atom is 0.342 e. The van der Waals surface area contributed by atoms with Gasteiger partial charge in [0.1, 0.15) is 29.7 Å². The summed E-state index contributed by atoms with van der Waals surface area (Å²) in [5.41, 5.74) is 1.40. The summed E-state index contributed by atoms with van der Waals surface area (Å²) in [4.78, 5) is 42.5. The summed E-state index contributed by atoms with van der Waals surface area (Å²) in [5, 5.41) is 0. The van der Waals surface area contributed by atoms with Gasteiger partial charge >= 0.3 is 5.97 Å². The first-order valence-electron chi connectivity index (χ1n) is 13.6. The fourth-order valence-electron chi connectivity index (χ4n) is 5.72. The number of piperidine rings is 1. The quantitative estimate of drug-likeness (QED) is 0.311. The number of hydrogen-bond acceptors (Lipinski definition) is 7. The minimum atomic E-state index is -0.313. The first kappa shape index (κ1) is 27.2. The number of ether oxygens (including phenoxy) is 3.